The predicted molar refractivity (Wildman–Crippen MR) is 95.4 cm³/mol. The molecule has 0 saturated carbocycles. The summed E-state index contributed by atoms with van der Waals surface area (Å²) >= 11 is 3.39. The molecule has 0 unspecified atom stereocenters. The first-order chi connectivity index (χ1) is 11.0. The lowest BCUT2D eigenvalue weighted by molar-refractivity contribution is -0.125. The zero-order valence-electron chi connectivity index (χ0n) is 13.7. The van der Waals surface area contributed by atoms with E-state index in [4.69, 9.17) is 0 Å². The monoisotopic (exact) mass is 381 g/mol. The van der Waals surface area contributed by atoms with E-state index in [2.05, 4.69) is 38.4 Å². The summed E-state index contributed by atoms with van der Waals surface area (Å²) in [4.78, 5) is 26.1. The first-order valence-corrected chi connectivity index (χ1v) is 8.82. The smallest absolute Gasteiger partial charge is 0.243 e. The highest BCUT2D eigenvalue weighted by Gasteiger charge is 2.20. The minimum absolute atomic E-state index is 0.00341. The van der Waals surface area contributed by atoms with Crippen LogP contribution in [0.15, 0.2) is 22.7 Å². The number of halogens is 1. The molecule has 0 bridgehead atoms. The van der Waals surface area contributed by atoms with E-state index >= 15 is 0 Å². The molecular formula is C17H24BrN3O2. The maximum absolute atomic E-state index is 12.0. The van der Waals surface area contributed by atoms with Gasteiger partial charge in [0.25, 0.3) is 0 Å². The van der Waals surface area contributed by atoms with E-state index in [-0.39, 0.29) is 18.4 Å². The number of aryl methyl sites for hydroxylation is 1. The molecular weight excluding hydrogens is 358 g/mol. The van der Waals surface area contributed by atoms with Crippen LogP contribution < -0.4 is 10.6 Å². The minimum Gasteiger partial charge on any atom is -0.346 e. The second-order valence-electron chi connectivity index (χ2n) is 6.10. The van der Waals surface area contributed by atoms with Crippen LogP contribution in [0.1, 0.15) is 31.7 Å². The van der Waals surface area contributed by atoms with Gasteiger partial charge in [-0.3, -0.25) is 14.5 Å². The van der Waals surface area contributed by atoms with Gasteiger partial charge in [-0.2, -0.15) is 0 Å². The normalized spacial score (nSPS) is 18.5. The SMILES string of the molecule is Cc1cc(Br)ccc1NC(=O)CNC(=O)CN1CCCC[C@H]1C. The molecule has 1 aliphatic heterocycles. The fourth-order valence-electron chi connectivity index (χ4n) is 2.77. The Hall–Kier alpha value is -1.40. The van der Waals surface area contributed by atoms with Gasteiger partial charge in [0.2, 0.25) is 11.8 Å². The van der Waals surface area contributed by atoms with Crippen molar-refractivity contribution < 1.29 is 9.59 Å². The molecule has 0 spiro atoms. The highest BCUT2D eigenvalue weighted by atomic mass is 79.9. The molecule has 1 aromatic carbocycles. The number of amides is 2. The second kappa shape index (κ2) is 8.45. The van der Waals surface area contributed by atoms with Gasteiger partial charge in [-0.25, -0.2) is 0 Å². The van der Waals surface area contributed by atoms with Crippen LogP contribution in [0.2, 0.25) is 0 Å². The van der Waals surface area contributed by atoms with Crippen molar-refractivity contribution in [2.75, 3.05) is 25.0 Å². The Balaban J connectivity index is 1.76. The zero-order valence-corrected chi connectivity index (χ0v) is 15.3. The Morgan fingerprint density at radius 3 is 2.78 bits per heavy atom. The Bertz CT molecular complexity index is 577. The summed E-state index contributed by atoms with van der Waals surface area (Å²) in [6.07, 6.45) is 3.51. The van der Waals surface area contributed by atoms with Crippen molar-refractivity contribution in [3.8, 4) is 0 Å². The van der Waals surface area contributed by atoms with Crippen LogP contribution in [0.4, 0.5) is 5.69 Å². The third kappa shape index (κ3) is 5.62. The van der Waals surface area contributed by atoms with Crippen molar-refractivity contribution in [3.05, 3.63) is 28.2 Å². The van der Waals surface area contributed by atoms with Gasteiger partial charge in [-0.1, -0.05) is 22.4 Å². The van der Waals surface area contributed by atoms with Crippen molar-refractivity contribution in [1.29, 1.82) is 0 Å². The summed E-state index contributed by atoms with van der Waals surface area (Å²) < 4.78 is 0.969. The van der Waals surface area contributed by atoms with Crippen molar-refractivity contribution in [2.45, 2.75) is 39.2 Å². The van der Waals surface area contributed by atoms with Crippen molar-refractivity contribution in [3.63, 3.8) is 0 Å². The average Bonchev–Trinajstić information content (AvgIpc) is 2.50. The van der Waals surface area contributed by atoms with Crippen molar-refractivity contribution in [1.82, 2.24) is 10.2 Å². The molecule has 126 valence electrons. The van der Waals surface area contributed by atoms with E-state index in [0.717, 1.165) is 35.1 Å². The van der Waals surface area contributed by atoms with Crippen LogP contribution in [-0.2, 0) is 9.59 Å². The van der Waals surface area contributed by atoms with Crippen LogP contribution in [0.25, 0.3) is 0 Å². The summed E-state index contributed by atoms with van der Waals surface area (Å²) in [6.45, 7) is 5.40. The summed E-state index contributed by atoms with van der Waals surface area (Å²) in [6, 6.07) is 6.09. The number of hydrogen-bond donors (Lipinski definition) is 2. The molecule has 1 atom stereocenters. The van der Waals surface area contributed by atoms with E-state index < -0.39 is 0 Å². The van der Waals surface area contributed by atoms with Crippen LogP contribution in [-0.4, -0.2) is 42.4 Å². The maximum atomic E-state index is 12.0. The molecule has 1 saturated heterocycles. The fraction of sp³-hybridized carbons (Fsp3) is 0.529. The maximum Gasteiger partial charge on any atom is 0.243 e. The van der Waals surface area contributed by atoms with Crippen molar-refractivity contribution in [2.24, 2.45) is 0 Å². The van der Waals surface area contributed by atoms with Gasteiger partial charge in [0.05, 0.1) is 13.1 Å². The summed E-state index contributed by atoms with van der Waals surface area (Å²) in [7, 11) is 0. The molecule has 5 nitrogen and oxygen atoms in total. The number of carbonyl (C=O) groups excluding carboxylic acids is 2. The van der Waals surface area contributed by atoms with Gasteiger partial charge in [0.1, 0.15) is 0 Å². The standard InChI is InChI=1S/C17H24BrN3O2/c1-12-9-14(18)6-7-15(12)20-16(22)10-19-17(23)11-21-8-4-3-5-13(21)2/h6-7,9,13H,3-5,8,10-11H2,1-2H3,(H,19,23)(H,20,22)/t13-/m1/s1. The number of benzene rings is 1. The Labute approximate surface area is 145 Å². The topological polar surface area (TPSA) is 61.4 Å². The van der Waals surface area contributed by atoms with Crippen LogP contribution in [0.5, 0.6) is 0 Å². The molecule has 0 radical (unpaired) electrons. The molecule has 23 heavy (non-hydrogen) atoms. The molecule has 1 fully saturated rings. The Morgan fingerprint density at radius 2 is 2.09 bits per heavy atom. The molecule has 1 heterocycles. The lowest BCUT2D eigenvalue weighted by atomic mass is 10.0. The Kier molecular flexibility index (Phi) is 6.59. The number of piperidine rings is 1. The number of nitrogens with zero attached hydrogens (tertiary/aromatic N) is 1. The minimum atomic E-state index is -0.213. The van der Waals surface area contributed by atoms with E-state index in [1.807, 2.05) is 25.1 Å². The number of rotatable bonds is 5. The number of nitrogens with one attached hydrogen (secondary N) is 2. The van der Waals surface area contributed by atoms with Crippen LogP contribution in [0, 0.1) is 6.92 Å². The zero-order chi connectivity index (χ0) is 16.8. The highest BCUT2D eigenvalue weighted by Crippen LogP contribution is 2.19. The van der Waals surface area contributed by atoms with Gasteiger partial charge in [0, 0.05) is 16.2 Å². The number of likely N-dealkylation sites (tertiary alicyclic amines) is 1. The van der Waals surface area contributed by atoms with Gasteiger partial charge in [-0.15, -0.1) is 0 Å². The van der Waals surface area contributed by atoms with E-state index in [1.54, 1.807) is 0 Å². The molecule has 0 aromatic heterocycles. The average molecular weight is 382 g/mol. The lowest BCUT2D eigenvalue weighted by Gasteiger charge is -2.32. The van der Waals surface area contributed by atoms with Crippen LogP contribution in [0.3, 0.4) is 0 Å². The number of hydrogen-bond acceptors (Lipinski definition) is 3. The molecule has 6 heteroatoms. The quantitative estimate of drug-likeness (QED) is 0.823. The molecule has 1 aliphatic rings. The molecule has 0 aliphatic carbocycles. The lowest BCUT2D eigenvalue weighted by Crippen LogP contribution is -2.45. The van der Waals surface area contributed by atoms with Gasteiger partial charge >= 0.3 is 0 Å². The summed E-state index contributed by atoms with van der Waals surface area (Å²) in [5.41, 5.74) is 1.73. The third-order valence-electron chi connectivity index (χ3n) is 4.20. The molecule has 2 N–H and O–H groups in total. The van der Waals surface area contributed by atoms with Crippen molar-refractivity contribution >= 4 is 33.4 Å². The van der Waals surface area contributed by atoms with E-state index in [0.29, 0.717) is 12.6 Å². The first-order valence-electron chi connectivity index (χ1n) is 8.02. The van der Waals surface area contributed by atoms with Crippen LogP contribution >= 0.6 is 15.9 Å². The summed E-state index contributed by atoms with van der Waals surface area (Å²) in [5.74, 6) is -0.308. The van der Waals surface area contributed by atoms with E-state index in [9.17, 15) is 9.59 Å². The summed E-state index contributed by atoms with van der Waals surface area (Å²) in [5, 5.41) is 5.52. The first kappa shape index (κ1) is 17.9. The molecule has 2 amide bonds. The van der Waals surface area contributed by atoms with Gasteiger partial charge in [0.15, 0.2) is 0 Å². The number of anilines is 1. The third-order valence-corrected chi connectivity index (χ3v) is 4.69. The largest absolute Gasteiger partial charge is 0.346 e. The highest BCUT2D eigenvalue weighted by molar-refractivity contribution is 9.10. The van der Waals surface area contributed by atoms with Gasteiger partial charge < -0.3 is 10.6 Å². The Morgan fingerprint density at radius 1 is 1.30 bits per heavy atom. The van der Waals surface area contributed by atoms with E-state index in [1.165, 1.54) is 6.42 Å². The molecule has 2 rings (SSSR count). The van der Waals surface area contributed by atoms with Gasteiger partial charge in [-0.05, 0) is 57.0 Å². The fourth-order valence-corrected chi connectivity index (χ4v) is 3.25. The number of carbonyl (C=O) groups is 2. The second-order valence-corrected chi connectivity index (χ2v) is 7.02. The molecule has 1 aromatic rings. The predicted octanol–water partition coefficient (Wildman–Crippen LogP) is 2.69.